The maximum Gasteiger partial charge on any atom is 0.341 e. The SMILES string of the molecule is O=C(O)COc1ccc(C2Nc3ccccc3-c3nnc(SCc4ccccc4)nc3O2)cc1. The van der Waals surface area contributed by atoms with Crippen molar-refractivity contribution in [2.45, 2.75) is 17.1 Å². The van der Waals surface area contributed by atoms with E-state index in [0.717, 1.165) is 22.6 Å². The number of para-hydroxylation sites is 1. The van der Waals surface area contributed by atoms with Crippen molar-refractivity contribution in [2.24, 2.45) is 0 Å². The van der Waals surface area contributed by atoms with E-state index in [9.17, 15) is 4.79 Å². The number of nitrogens with one attached hydrogen (secondary N) is 1. The summed E-state index contributed by atoms with van der Waals surface area (Å²) in [6, 6.07) is 24.9. The number of rotatable bonds is 7. The van der Waals surface area contributed by atoms with Crippen LogP contribution in [0.1, 0.15) is 17.4 Å². The largest absolute Gasteiger partial charge is 0.482 e. The second-order valence-corrected chi connectivity index (χ2v) is 8.40. The molecule has 5 rings (SSSR count). The van der Waals surface area contributed by atoms with Gasteiger partial charge >= 0.3 is 5.97 Å². The number of hydrogen-bond donors (Lipinski definition) is 2. The van der Waals surface area contributed by atoms with Gasteiger partial charge in [-0.05, 0) is 35.9 Å². The summed E-state index contributed by atoms with van der Waals surface area (Å²) in [6.45, 7) is -0.399. The summed E-state index contributed by atoms with van der Waals surface area (Å²) in [6.07, 6.45) is -0.542. The molecule has 0 fully saturated rings. The van der Waals surface area contributed by atoms with Gasteiger partial charge in [0, 0.05) is 22.6 Å². The highest BCUT2D eigenvalue weighted by Gasteiger charge is 2.26. The molecule has 3 aromatic carbocycles. The van der Waals surface area contributed by atoms with E-state index in [4.69, 9.17) is 14.6 Å². The molecule has 34 heavy (non-hydrogen) atoms. The lowest BCUT2D eigenvalue weighted by Gasteiger charge is -2.19. The second-order valence-electron chi connectivity index (χ2n) is 7.46. The molecular formula is C25H20N4O4S. The van der Waals surface area contributed by atoms with E-state index in [1.54, 1.807) is 12.1 Å². The van der Waals surface area contributed by atoms with E-state index in [-0.39, 0.29) is 0 Å². The predicted molar refractivity (Wildman–Crippen MR) is 128 cm³/mol. The number of fused-ring (bicyclic) bond motifs is 3. The Morgan fingerprint density at radius 3 is 2.56 bits per heavy atom. The van der Waals surface area contributed by atoms with Crippen LogP contribution < -0.4 is 14.8 Å². The van der Waals surface area contributed by atoms with Gasteiger partial charge in [-0.1, -0.05) is 60.3 Å². The molecule has 0 saturated carbocycles. The first-order valence-corrected chi connectivity index (χ1v) is 11.5. The highest BCUT2D eigenvalue weighted by Crippen LogP contribution is 2.39. The standard InChI is InChI=1S/C25H20N4O4S/c30-21(31)14-32-18-12-10-17(11-13-18)23-26-20-9-5-4-8-19(20)22-24(33-23)27-25(29-28-22)34-15-16-6-2-1-3-7-16/h1-13,23,26H,14-15H2,(H,30,31). The summed E-state index contributed by atoms with van der Waals surface area (Å²) in [7, 11) is 0. The molecule has 1 aliphatic heterocycles. The van der Waals surface area contributed by atoms with Crippen molar-refractivity contribution in [1.82, 2.24) is 15.2 Å². The number of benzene rings is 3. The minimum absolute atomic E-state index is 0.388. The number of carboxylic acids is 1. The topological polar surface area (TPSA) is 106 Å². The highest BCUT2D eigenvalue weighted by molar-refractivity contribution is 7.98. The second kappa shape index (κ2) is 9.80. The molecule has 170 valence electrons. The number of ether oxygens (including phenoxy) is 2. The quantitative estimate of drug-likeness (QED) is 0.367. The third-order valence-corrected chi connectivity index (χ3v) is 6.00. The van der Waals surface area contributed by atoms with Crippen molar-refractivity contribution in [2.75, 3.05) is 11.9 Å². The number of carbonyl (C=O) groups is 1. The third-order valence-electron chi connectivity index (χ3n) is 5.09. The van der Waals surface area contributed by atoms with Gasteiger partial charge in [0.25, 0.3) is 0 Å². The fourth-order valence-corrected chi connectivity index (χ4v) is 4.20. The fourth-order valence-electron chi connectivity index (χ4n) is 3.47. The van der Waals surface area contributed by atoms with E-state index in [0.29, 0.717) is 22.5 Å². The molecule has 0 saturated heterocycles. The van der Waals surface area contributed by atoms with Crippen molar-refractivity contribution in [3.8, 4) is 22.9 Å². The molecule has 9 heteroatoms. The maximum atomic E-state index is 10.7. The Hall–Kier alpha value is -4.11. The zero-order valence-corrected chi connectivity index (χ0v) is 18.7. The van der Waals surface area contributed by atoms with Gasteiger partial charge in [0.05, 0.1) is 0 Å². The Labute approximate surface area is 200 Å². The lowest BCUT2D eigenvalue weighted by molar-refractivity contribution is -0.139. The molecule has 2 N–H and O–H groups in total. The van der Waals surface area contributed by atoms with Crippen LogP contribution in [-0.4, -0.2) is 32.9 Å². The van der Waals surface area contributed by atoms with Crippen LogP contribution in [0.4, 0.5) is 5.69 Å². The summed E-state index contributed by atoms with van der Waals surface area (Å²) >= 11 is 1.49. The van der Waals surface area contributed by atoms with Crippen LogP contribution in [0.5, 0.6) is 11.6 Å². The molecule has 1 aliphatic rings. The van der Waals surface area contributed by atoms with Gasteiger partial charge in [0.15, 0.2) is 18.5 Å². The van der Waals surface area contributed by atoms with Crippen LogP contribution in [0.15, 0.2) is 84.0 Å². The summed E-state index contributed by atoms with van der Waals surface area (Å²) < 4.78 is 11.5. The van der Waals surface area contributed by atoms with Crippen molar-refractivity contribution in [3.63, 3.8) is 0 Å². The number of aromatic nitrogens is 3. The van der Waals surface area contributed by atoms with Crippen LogP contribution in [0.25, 0.3) is 11.3 Å². The Morgan fingerprint density at radius 2 is 1.76 bits per heavy atom. The summed E-state index contributed by atoms with van der Waals surface area (Å²) in [4.78, 5) is 15.4. The molecule has 0 bridgehead atoms. The number of aliphatic carboxylic acids is 1. The summed E-state index contributed by atoms with van der Waals surface area (Å²) in [5.74, 6) is 0.541. The van der Waals surface area contributed by atoms with Crippen molar-refractivity contribution in [1.29, 1.82) is 0 Å². The van der Waals surface area contributed by atoms with Gasteiger partial charge in [-0.3, -0.25) is 0 Å². The van der Waals surface area contributed by atoms with Crippen LogP contribution in [-0.2, 0) is 10.5 Å². The van der Waals surface area contributed by atoms with E-state index in [2.05, 4.69) is 32.6 Å². The van der Waals surface area contributed by atoms with Crippen molar-refractivity contribution >= 4 is 23.4 Å². The first-order valence-electron chi connectivity index (χ1n) is 10.5. The monoisotopic (exact) mass is 472 g/mol. The highest BCUT2D eigenvalue weighted by atomic mass is 32.2. The van der Waals surface area contributed by atoms with E-state index < -0.39 is 18.8 Å². The van der Waals surface area contributed by atoms with Gasteiger partial charge in [0.2, 0.25) is 11.0 Å². The molecule has 1 aromatic heterocycles. The average Bonchev–Trinajstić information content (AvgIpc) is 3.03. The van der Waals surface area contributed by atoms with Crippen LogP contribution in [0.2, 0.25) is 0 Å². The van der Waals surface area contributed by atoms with Gasteiger partial charge < -0.3 is 19.9 Å². The fraction of sp³-hybridized carbons (Fsp3) is 0.120. The van der Waals surface area contributed by atoms with Crippen LogP contribution >= 0.6 is 11.8 Å². The van der Waals surface area contributed by atoms with Gasteiger partial charge in [-0.15, -0.1) is 10.2 Å². The maximum absolute atomic E-state index is 10.7. The van der Waals surface area contributed by atoms with Crippen molar-refractivity contribution < 1.29 is 19.4 Å². The van der Waals surface area contributed by atoms with Crippen LogP contribution in [0, 0.1) is 0 Å². The first-order chi connectivity index (χ1) is 16.7. The first kappa shape index (κ1) is 21.7. The van der Waals surface area contributed by atoms with E-state index in [1.807, 2.05) is 54.6 Å². The lowest BCUT2D eigenvalue weighted by atomic mass is 10.1. The van der Waals surface area contributed by atoms with Gasteiger partial charge in [0.1, 0.15) is 5.75 Å². The normalized spacial score (nSPS) is 14.1. The number of nitrogens with zero attached hydrogens (tertiary/aromatic N) is 3. The van der Waals surface area contributed by atoms with E-state index >= 15 is 0 Å². The lowest BCUT2D eigenvalue weighted by Crippen LogP contribution is -2.17. The molecule has 1 unspecified atom stereocenters. The smallest absolute Gasteiger partial charge is 0.341 e. The molecule has 0 spiro atoms. The Balaban J connectivity index is 1.42. The van der Waals surface area contributed by atoms with Gasteiger partial charge in [-0.2, -0.15) is 4.98 Å². The van der Waals surface area contributed by atoms with E-state index in [1.165, 1.54) is 17.3 Å². The molecule has 2 heterocycles. The van der Waals surface area contributed by atoms with Crippen molar-refractivity contribution in [3.05, 3.63) is 90.0 Å². The number of thioether (sulfide) groups is 1. The minimum atomic E-state index is -1.03. The number of anilines is 1. The van der Waals surface area contributed by atoms with Gasteiger partial charge in [-0.25, -0.2) is 4.79 Å². The Kier molecular flexibility index (Phi) is 6.26. The van der Waals surface area contributed by atoms with Crippen LogP contribution in [0.3, 0.4) is 0 Å². The summed E-state index contributed by atoms with van der Waals surface area (Å²) in [5, 5.41) is 21.5. The molecule has 8 nitrogen and oxygen atoms in total. The molecule has 0 aliphatic carbocycles. The summed E-state index contributed by atoms with van der Waals surface area (Å²) in [5.41, 5.74) is 4.25. The average molecular weight is 473 g/mol. The molecule has 0 radical (unpaired) electrons. The number of carboxylic acid groups (broad SMARTS) is 1. The molecule has 1 atom stereocenters. The minimum Gasteiger partial charge on any atom is -0.482 e. The Bertz CT molecular complexity index is 1300. The predicted octanol–water partition coefficient (Wildman–Crippen LogP) is 4.80. The Morgan fingerprint density at radius 1 is 1.00 bits per heavy atom. The molecular weight excluding hydrogens is 452 g/mol. The third kappa shape index (κ3) is 4.94. The number of hydrogen-bond acceptors (Lipinski definition) is 8. The molecule has 0 amide bonds. The zero-order chi connectivity index (χ0) is 23.3. The molecule has 4 aromatic rings. The zero-order valence-electron chi connectivity index (χ0n) is 17.9.